The molecule has 170 valence electrons. The maximum absolute atomic E-state index is 13.1. The third-order valence-corrected chi connectivity index (χ3v) is 6.30. The van der Waals surface area contributed by atoms with Crippen LogP contribution in [0, 0.1) is 18.8 Å². The number of rotatable bonds is 6. The highest BCUT2D eigenvalue weighted by Gasteiger charge is 2.35. The number of piperidine rings is 2. The van der Waals surface area contributed by atoms with Crippen molar-refractivity contribution >= 4 is 23.6 Å². The van der Waals surface area contributed by atoms with Gasteiger partial charge in [0.25, 0.3) is 0 Å². The van der Waals surface area contributed by atoms with Crippen LogP contribution >= 0.6 is 0 Å². The van der Waals surface area contributed by atoms with E-state index in [1.54, 1.807) is 17.9 Å². The molecular formula is C23H34N4O4. The van der Waals surface area contributed by atoms with Gasteiger partial charge in [-0.25, -0.2) is 4.98 Å². The number of carbonyl (C=O) groups excluding carboxylic acids is 3. The van der Waals surface area contributed by atoms with Gasteiger partial charge < -0.3 is 15.0 Å². The van der Waals surface area contributed by atoms with E-state index >= 15 is 0 Å². The maximum atomic E-state index is 13.1. The first-order valence-corrected chi connectivity index (χ1v) is 11.3. The van der Waals surface area contributed by atoms with Gasteiger partial charge in [-0.05, 0) is 71.7 Å². The van der Waals surface area contributed by atoms with Gasteiger partial charge >= 0.3 is 5.97 Å². The van der Waals surface area contributed by atoms with E-state index in [-0.39, 0.29) is 35.7 Å². The maximum Gasteiger partial charge on any atom is 0.310 e. The molecule has 2 amide bonds. The van der Waals surface area contributed by atoms with E-state index in [9.17, 15) is 14.4 Å². The molecule has 31 heavy (non-hydrogen) atoms. The van der Waals surface area contributed by atoms with Gasteiger partial charge in [-0.2, -0.15) is 0 Å². The van der Waals surface area contributed by atoms with Crippen LogP contribution < -0.4 is 5.32 Å². The summed E-state index contributed by atoms with van der Waals surface area (Å²) in [6.45, 7) is 8.49. The molecular weight excluding hydrogens is 396 g/mol. The quantitative estimate of drug-likeness (QED) is 0.696. The molecule has 2 aliphatic heterocycles. The van der Waals surface area contributed by atoms with Crippen LogP contribution in [0.2, 0.25) is 0 Å². The molecule has 0 bridgehead atoms. The molecule has 2 atom stereocenters. The van der Waals surface area contributed by atoms with Crippen LogP contribution in [-0.4, -0.2) is 71.4 Å². The number of carbonyl (C=O) groups is 3. The number of hydrogen-bond donors (Lipinski definition) is 1. The van der Waals surface area contributed by atoms with E-state index < -0.39 is 0 Å². The van der Waals surface area contributed by atoms with Crippen LogP contribution in [-0.2, 0) is 19.1 Å². The Morgan fingerprint density at radius 2 is 1.90 bits per heavy atom. The van der Waals surface area contributed by atoms with Crippen molar-refractivity contribution in [1.29, 1.82) is 0 Å². The summed E-state index contributed by atoms with van der Waals surface area (Å²) in [5.41, 5.74) is 0.864. The third kappa shape index (κ3) is 6.03. The first-order chi connectivity index (χ1) is 14.9. The van der Waals surface area contributed by atoms with Crippen LogP contribution in [0.3, 0.4) is 0 Å². The Morgan fingerprint density at radius 3 is 2.58 bits per heavy atom. The Morgan fingerprint density at radius 1 is 1.16 bits per heavy atom. The number of likely N-dealkylation sites (tertiary alicyclic amines) is 2. The lowest BCUT2D eigenvalue weighted by Crippen LogP contribution is -2.53. The highest BCUT2D eigenvalue weighted by Crippen LogP contribution is 2.23. The van der Waals surface area contributed by atoms with Crippen molar-refractivity contribution in [2.75, 3.05) is 38.1 Å². The molecule has 0 saturated carbocycles. The van der Waals surface area contributed by atoms with Crippen LogP contribution in [0.25, 0.3) is 0 Å². The monoisotopic (exact) mass is 430 g/mol. The number of nitrogens with zero attached hydrogens (tertiary/aromatic N) is 3. The fraction of sp³-hybridized carbons (Fsp3) is 0.652. The van der Waals surface area contributed by atoms with Crippen LogP contribution in [0.15, 0.2) is 18.2 Å². The Labute approximate surface area is 184 Å². The topological polar surface area (TPSA) is 91.8 Å². The van der Waals surface area contributed by atoms with Gasteiger partial charge in [0, 0.05) is 24.7 Å². The Kier molecular flexibility index (Phi) is 8.01. The van der Waals surface area contributed by atoms with Gasteiger partial charge in [-0.3, -0.25) is 19.3 Å². The minimum absolute atomic E-state index is 0.00922. The SMILES string of the molecule is CCOC(=O)[C@@H]1CCCN(C(=O)[C@@H](C)N2CCC(C(=O)Nc3cccc(C)n3)CC2)C1. The Balaban J connectivity index is 1.49. The molecule has 8 nitrogen and oxygen atoms in total. The summed E-state index contributed by atoms with van der Waals surface area (Å²) in [4.78, 5) is 46.0. The van der Waals surface area contributed by atoms with Crippen molar-refractivity contribution < 1.29 is 19.1 Å². The van der Waals surface area contributed by atoms with Crippen molar-refractivity contribution in [2.24, 2.45) is 11.8 Å². The first-order valence-electron chi connectivity index (χ1n) is 11.3. The fourth-order valence-electron chi connectivity index (χ4n) is 4.44. The molecule has 0 aliphatic carbocycles. The summed E-state index contributed by atoms with van der Waals surface area (Å²) in [5.74, 6) is 0.115. The van der Waals surface area contributed by atoms with Gasteiger partial charge in [0.1, 0.15) is 5.82 Å². The van der Waals surface area contributed by atoms with Crippen molar-refractivity contribution in [3.63, 3.8) is 0 Å². The lowest BCUT2D eigenvalue weighted by atomic mass is 9.94. The van der Waals surface area contributed by atoms with Gasteiger partial charge in [-0.15, -0.1) is 0 Å². The summed E-state index contributed by atoms with van der Waals surface area (Å²) >= 11 is 0. The van der Waals surface area contributed by atoms with Gasteiger partial charge in [0.15, 0.2) is 0 Å². The summed E-state index contributed by atoms with van der Waals surface area (Å²) in [5, 5.41) is 2.91. The average Bonchev–Trinajstić information content (AvgIpc) is 2.78. The molecule has 1 aromatic heterocycles. The molecule has 2 saturated heterocycles. The molecule has 0 spiro atoms. The number of hydrogen-bond acceptors (Lipinski definition) is 6. The lowest BCUT2D eigenvalue weighted by Gasteiger charge is -2.39. The molecule has 0 radical (unpaired) electrons. The number of nitrogens with one attached hydrogen (secondary N) is 1. The average molecular weight is 431 g/mol. The van der Waals surface area contributed by atoms with E-state index in [4.69, 9.17) is 4.74 Å². The number of anilines is 1. The zero-order chi connectivity index (χ0) is 22.4. The number of esters is 1. The van der Waals surface area contributed by atoms with Crippen LogP contribution in [0.5, 0.6) is 0 Å². The molecule has 2 fully saturated rings. The van der Waals surface area contributed by atoms with E-state index in [0.717, 1.165) is 18.5 Å². The second-order valence-electron chi connectivity index (χ2n) is 8.52. The largest absolute Gasteiger partial charge is 0.466 e. The van der Waals surface area contributed by atoms with Crippen molar-refractivity contribution in [2.45, 2.75) is 52.5 Å². The second-order valence-corrected chi connectivity index (χ2v) is 8.52. The highest BCUT2D eigenvalue weighted by molar-refractivity contribution is 5.91. The predicted octanol–water partition coefficient (Wildman–Crippen LogP) is 2.23. The van der Waals surface area contributed by atoms with E-state index in [1.807, 2.05) is 26.0 Å². The number of amides is 2. The molecule has 2 aliphatic rings. The number of aryl methyl sites for hydroxylation is 1. The molecule has 1 aromatic rings. The second kappa shape index (κ2) is 10.7. The van der Waals surface area contributed by atoms with E-state index in [1.165, 1.54) is 0 Å². The van der Waals surface area contributed by atoms with Gasteiger partial charge in [-0.1, -0.05) is 6.07 Å². The molecule has 8 heteroatoms. The minimum atomic E-state index is -0.261. The summed E-state index contributed by atoms with van der Waals surface area (Å²) < 4.78 is 5.14. The van der Waals surface area contributed by atoms with Crippen LogP contribution in [0.4, 0.5) is 5.82 Å². The van der Waals surface area contributed by atoms with Gasteiger partial charge in [0.2, 0.25) is 11.8 Å². The Bertz CT molecular complexity index is 792. The van der Waals surface area contributed by atoms with Crippen molar-refractivity contribution in [1.82, 2.24) is 14.8 Å². The summed E-state index contributed by atoms with van der Waals surface area (Å²) in [7, 11) is 0. The zero-order valence-corrected chi connectivity index (χ0v) is 18.8. The smallest absolute Gasteiger partial charge is 0.310 e. The summed E-state index contributed by atoms with van der Waals surface area (Å²) in [6.07, 6.45) is 3.01. The predicted molar refractivity (Wildman–Crippen MR) is 117 cm³/mol. The zero-order valence-electron chi connectivity index (χ0n) is 18.8. The molecule has 3 rings (SSSR count). The number of aromatic nitrogens is 1. The fourth-order valence-corrected chi connectivity index (χ4v) is 4.44. The summed E-state index contributed by atoms with van der Waals surface area (Å²) in [6, 6.07) is 5.30. The molecule has 0 unspecified atom stereocenters. The van der Waals surface area contributed by atoms with Crippen molar-refractivity contribution in [3.05, 3.63) is 23.9 Å². The van der Waals surface area contributed by atoms with Crippen LogP contribution in [0.1, 0.15) is 45.2 Å². The molecule has 3 heterocycles. The Hall–Kier alpha value is -2.48. The molecule has 1 N–H and O–H groups in total. The van der Waals surface area contributed by atoms with E-state index in [2.05, 4.69) is 15.2 Å². The van der Waals surface area contributed by atoms with Crippen molar-refractivity contribution in [3.8, 4) is 0 Å². The number of pyridine rings is 1. The third-order valence-electron chi connectivity index (χ3n) is 6.30. The highest BCUT2D eigenvalue weighted by atomic mass is 16.5. The van der Waals surface area contributed by atoms with E-state index in [0.29, 0.717) is 51.4 Å². The molecule has 0 aromatic carbocycles. The first kappa shape index (κ1) is 23.2. The minimum Gasteiger partial charge on any atom is -0.466 e. The lowest BCUT2D eigenvalue weighted by molar-refractivity contribution is -0.152. The standard InChI is InChI=1S/C23H34N4O4/c1-4-31-23(30)19-8-6-12-27(15-19)22(29)17(3)26-13-10-18(11-14-26)21(28)25-20-9-5-7-16(2)24-20/h5,7,9,17-19H,4,6,8,10-15H2,1-3H3,(H,24,25,28)/t17-,19-/m1/s1. The number of ether oxygens (including phenoxy) is 1. The normalized spacial score (nSPS) is 21.4. The van der Waals surface area contributed by atoms with Gasteiger partial charge in [0.05, 0.1) is 18.6 Å².